The predicted molar refractivity (Wildman–Crippen MR) is 64.0 cm³/mol. The normalized spacial score (nSPS) is 9.74. The molecule has 1 aromatic carbocycles. The van der Waals surface area contributed by atoms with Crippen LogP contribution in [0.2, 0.25) is 0 Å². The highest BCUT2D eigenvalue weighted by atomic mass is 35.5. The molecule has 0 aliphatic heterocycles. The number of nitrogens with one attached hydrogen (secondary N) is 1. The molecule has 0 atom stereocenters. The summed E-state index contributed by atoms with van der Waals surface area (Å²) in [4.78, 5) is 11.7. The third-order valence-electron chi connectivity index (χ3n) is 2.41. The van der Waals surface area contributed by atoms with E-state index in [0.717, 1.165) is 0 Å². The molecule has 19 heavy (non-hydrogen) atoms. The van der Waals surface area contributed by atoms with Gasteiger partial charge in [0.1, 0.15) is 23.9 Å². The molecule has 0 unspecified atom stereocenters. The van der Waals surface area contributed by atoms with Crippen LogP contribution in [-0.2, 0) is 18.4 Å². The summed E-state index contributed by atoms with van der Waals surface area (Å²) < 4.78 is 3.54. The number of amides is 1. The zero-order chi connectivity index (χ0) is 13.1. The number of aromatic nitrogens is 2. The quantitative estimate of drug-likeness (QED) is 0.328. The Kier molecular flexibility index (Phi) is 4.77. The van der Waals surface area contributed by atoms with Crippen LogP contribution in [0.3, 0.4) is 0 Å². The molecule has 1 aromatic heterocycles. The van der Waals surface area contributed by atoms with E-state index in [1.54, 1.807) is 17.1 Å². The standard InChI is InChI=1S/C12H13N3O3.ClH/c1-14-4-5-15(8-14)7-12(18)13-10-3-2-9(16)6-11(10)17;/h2-6,8H,7H2,1H3,(H2-,13,16,17,18);1H. The van der Waals surface area contributed by atoms with Crippen molar-refractivity contribution in [3.8, 4) is 11.5 Å². The van der Waals surface area contributed by atoms with Crippen molar-refractivity contribution in [3.63, 3.8) is 0 Å². The highest BCUT2D eigenvalue weighted by molar-refractivity contribution is 5.92. The maximum Gasteiger partial charge on any atom is 0.266 e. The predicted octanol–water partition coefficient (Wildman–Crippen LogP) is -2.63. The van der Waals surface area contributed by atoms with Crippen molar-refractivity contribution in [2.45, 2.75) is 6.54 Å². The molecule has 102 valence electrons. The van der Waals surface area contributed by atoms with Crippen LogP contribution in [0, 0.1) is 0 Å². The van der Waals surface area contributed by atoms with E-state index >= 15 is 0 Å². The molecular formula is C12H14ClN3O3. The Hall–Kier alpha value is -2.21. The van der Waals surface area contributed by atoms with Crippen LogP contribution in [0.1, 0.15) is 0 Å². The lowest BCUT2D eigenvalue weighted by Crippen LogP contribution is -3.00. The van der Waals surface area contributed by atoms with Crippen LogP contribution in [0.25, 0.3) is 0 Å². The second-order valence-corrected chi connectivity index (χ2v) is 4.00. The van der Waals surface area contributed by atoms with Crippen molar-refractivity contribution in [1.29, 1.82) is 0 Å². The largest absolute Gasteiger partial charge is 1.00 e. The number of hydrogen-bond donors (Lipinski definition) is 3. The van der Waals surface area contributed by atoms with Gasteiger partial charge in [-0.15, -0.1) is 0 Å². The van der Waals surface area contributed by atoms with Crippen LogP contribution in [0.15, 0.2) is 36.9 Å². The Morgan fingerprint density at radius 2 is 2.16 bits per heavy atom. The first-order chi connectivity index (χ1) is 8.54. The van der Waals surface area contributed by atoms with Crippen molar-refractivity contribution < 1.29 is 32.0 Å². The number of phenols is 2. The van der Waals surface area contributed by atoms with Gasteiger partial charge >= 0.3 is 0 Å². The molecule has 0 aliphatic rings. The fourth-order valence-electron chi connectivity index (χ4n) is 1.58. The number of halogens is 1. The van der Waals surface area contributed by atoms with Crippen LogP contribution in [0.4, 0.5) is 5.69 Å². The lowest BCUT2D eigenvalue weighted by atomic mass is 10.2. The highest BCUT2D eigenvalue weighted by Gasteiger charge is 2.10. The first-order valence-corrected chi connectivity index (χ1v) is 5.37. The lowest BCUT2D eigenvalue weighted by molar-refractivity contribution is -0.671. The zero-order valence-electron chi connectivity index (χ0n) is 10.2. The van der Waals surface area contributed by atoms with Gasteiger partial charge in [-0.3, -0.25) is 4.79 Å². The first-order valence-electron chi connectivity index (χ1n) is 5.37. The van der Waals surface area contributed by atoms with Gasteiger partial charge in [-0.1, -0.05) is 0 Å². The molecule has 0 spiro atoms. The summed E-state index contributed by atoms with van der Waals surface area (Å²) in [6.07, 6.45) is 5.37. The summed E-state index contributed by atoms with van der Waals surface area (Å²) in [7, 11) is 1.86. The van der Waals surface area contributed by atoms with Gasteiger partial charge in [-0.25, -0.2) is 9.13 Å². The number of carbonyl (C=O) groups is 1. The Morgan fingerprint density at radius 3 is 2.74 bits per heavy atom. The van der Waals surface area contributed by atoms with E-state index in [4.69, 9.17) is 5.11 Å². The van der Waals surface area contributed by atoms with Crippen LogP contribution < -0.4 is 22.3 Å². The summed E-state index contributed by atoms with van der Waals surface area (Å²) in [6.45, 7) is 0.154. The van der Waals surface area contributed by atoms with E-state index in [-0.39, 0.29) is 42.0 Å². The smallest absolute Gasteiger partial charge is 0.266 e. The van der Waals surface area contributed by atoms with E-state index < -0.39 is 0 Å². The maximum atomic E-state index is 11.7. The van der Waals surface area contributed by atoms with Gasteiger partial charge in [0.2, 0.25) is 6.33 Å². The van der Waals surface area contributed by atoms with Gasteiger partial charge in [0.25, 0.3) is 5.91 Å². The van der Waals surface area contributed by atoms with Gasteiger partial charge in [-0.05, 0) is 12.1 Å². The third-order valence-corrected chi connectivity index (χ3v) is 2.41. The second kappa shape index (κ2) is 6.10. The molecule has 2 aromatic rings. The molecule has 2 rings (SSSR count). The van der Waals surface area contributed by atoms with E-state index in [1.165, 1.54) is 18.2 Å². The molecule has 0 saturated carbocycles. The topological polar surface area (TPSA) is 78.4 Å². The second-order valence-electron chi connectivity index (χ2n) is 4.00. The average Bonchev–Trinajstić information content (AvgIpc) is 2.68. The SMILES string of the molecule is C[n+]1ccn(CC(=O)Nc2ccc(O)cc2O)c1.[Cl-]. The molecule has 0 radical (unpaired) electrons. The van der Waals surface area contributed by atoms with Crippen LogP contribution >= 0.6 is 0 Å². The summed E-state index contributed by atoms with van der Waals surface area (Å²) >= 11 is 0. The minimum absolute atomic E-state index is 0. The molecule has 6 nitrogen and oxygen atoms in total. The van der Waals surface area contributed by atoms with E-state index in [2.05, 4.69) is 5.32 Å². The number of anilines is 1. The molecule has 0 aliphatic carbocycles. The van der Waals surface area contributed by atoms with Crippen molar-refractivity contribution in [2.24, 2.45) is 7.05 Å². The monoisotopic (exact) mass is 283 g/mol. The van der Waals surface area contributed by atoms with Gasteiger partial charge in [-0.2, -0.15) is 0 Å². The Balaban J connectivity index is 0.00000180. The van der Waals surface area contributed by atoms with Crippen molar-refractivity contribution in [2.75, 3.05) is 5.32 Å². The van der Waals surface area contributed by atoms with Crippen LogP contribution in [-0.4, -0.2) is 20.7 Å². The molecule has 3 N–H and O–H groups in total. The molecule has 1 amide bonds. The fourth-order valence-corrected chi connectivity index (χ4v) is 1.58. The molecule has 7 heteroatoms. The number of aryl methyl sites for hydroxylation is 1. The van der Waals surface area contributed by atoms with Gasteiger partial charge < -0.3 is 27.9 Å². The Bertz CT molecular complexity index is 583. The van der Waals surface area contributed by atoms with E-state index in [1.807, 2.05) is 17.8 Å². The highest BCUT2D eigenvalue weighted by Crippen LogP contribution is 2.26. The molecule has 1 heterocycles. The van der Waals surface area contributed by atoms with Gasteiger partial charge in [0, 0.05) is 6.07 Å². The van der Waals surface area contributed by atoms with Crippen LogP contribution in [0.5, 0.6) is 11.5 Å². The fraction of sp³-hybridized carbons (Fsp3) is 0.167. The zero-order valence-corrected chi connectivity index (χ0v) is 11.0. The summed E-state index contributed by atoms with van der Waals surface area (Å²) in [5, 5.41) is 21.2. The first kappa shape index (κ1) is 14.8. The van der Waals surface area contributed by atoms with E-state index in [9.17, 15) is 9.90 Å². The summed E-state index contributed by atoms with van der Waals surface area (Å²) in [5.41, 5.74) is 0.273. The number of nitrogens with zero attached hydrogens (tertiary/aromatic N) is 2. The van der Waals surface area contributed by atoms with Gasteiger partial charge in [0.05, 0.1) is 12.7 Å². The molecule has 0 bridgehead atoms. The maximum absolute atomic E-state index is 11.7. The number of imidazole rings is 1. The average molecular weight is 284 g/mol. The summed E-state index contributed by atoms with van der Waals surface area (Å²) in [6, 6.07) is 4.01. The minimum atomic E-state index is -0.257. The summed E-state index contributed by atoms with van der Waals surface area (Å²) in [5.74, 6) is -0.475. The Labute approximate surface area is 116 Å². The number of aromatic hydroxyl groups is 2. The third kappa shape index (κ3) is 3.89. The van der Waals surface area contributed by atoms with Gasteiger partial charge in [0.15, 0.2) is 6.54 Å². The van der Waals surface area contributed by atoms with Crippen molar-refractivity contribution in [1.82, 2.24) is 4.57 Å². The lowest BCUT2D eigenvalue weighted by Gasteiger charge is -2.06. The van der Waals surface area contributed by atoms with Crippen molar-refractivity contribution >= 4 is 11.6 Å². The minimum Gasteiger partial charge on any atom is -1.00 e. The van der Waals surface area contributed by atoms with Crippen molar-refractivity contribution in [3.05, 3.63) is 36.9 Å². The molecule has 0 fully saturated rings. The van der Waals surface area contributed by atoms with E-state index in [0.29, 0.717) is 0 Å². The molecular weight excluding hydrogens is 270 g/mol. The number of carbonyl (C=O) groups excluding carboxylic acids is 1. The number of benzene rings is 1. The number of phenolic OH excluding ortho intramolecular Hbond substituents is 2. The number of hydrogen-bond acceptors (Lipinski definition) is 3. The molecule has 0 saturated heterocycles. The number of rotatable bonds is 3. The Morgan fingerprint density at radius 1 is 1.42 bits per heavy atom.